The van der Waals surface area contributed by atoms with Crippen LogP contribution in [0.3, 0.4) is 0 Å². The lowest BCUT2D eigenvalue weighted by Crippen LogP contribution is -2.38. The summed E-state index contributed by atoms with van der Waals surface area (Å²) in [6, 6.07) is 4.76. The van der Waals surface area contributed by atoms with Crippen molar-refractivity contribution < 1.29 is 4.74 Å². The van der Waals surface area contributed by atoms with Gasteiger partial charge in [0.15, 0.2) is 0 Å². The summed E-state index contributed by atoms with van der Waals surface area (Å²) >= 11 is 0. The zero-order valence-corrected chi connectivity index (χ0v) is 12.1. The monoisotopic (exact) mass is 263 g/mol. The van der Waals surface area contributed by atoms with E-state index in [4.69, 9.17) is 4.74 Å². The van der Waals surface area contributed by atoms with Crippen LogP contribution in [-0.4, -0.2) is 43.2 Å². The van der Waals surface area contributed by atoms with Crippen LogP contribution in [0.1, 0.15) is 31.2 Å². The van der Waals surface area contributed by atoms with Gasteiger partial charge in [0.25, 0.3) is 0 Å². The molecule has 1 aliphatic heterocycles. The van der Waals surface area contributed by atoms with Crippen LogP contribution in [0.2, 0.25) is 0 Å². The van der Waals surface area contributed by atoms with Gasteiger partial charge in [-0.3, -0.25) is 0 Å². The van der Waals surface area contributed by atoms with Crippen molar-refractivity contribution in [3.8, 4) is 5.88 Å². The molecule has 2 heterocycles. The van der Waals surface area contributed by atoms with Gasteiger partial charge >= 0.3 is 0 Å². The normalized spacial score (nSPS) is 20.4. The van der Waals surface area contributed by atoms with Crippen LogP contribution in [0, 0.1) is 0 Å². The molecule has 1 saturated heterocycles. The van der Waals surface area contributed by atoms with Crippen LogP contribution in [0.15, 0.2) is 18.3 Å². The predicted molar refractivity (Wildman–Crippen MR) is 77.4 cm³/mol. The molecule has 4 heteroatoms. The Labute approximate surface area is 116 Å². The minimum Gasteiger partial charge on any atom is -0.481 e. The van der Waals surface area contributed by atoms with E-state index in [2.05, 4.69) is 28.3 Å². The number of ether oxygens (including phenoxy) is 1. The lowest BCUT2D eigenvalue weighted by Gasteiger charge is -2.32. The molecule has 106 valence electrons. The summed E-state index contributed by atoms with van der Waals surface area (Å²) in [5, 5.41) is 3.50. The Balaban J connectivity index is 1.71. The molecule has 1 aliphatic rings. The third-order valence-corrected chi connectivity index (χ3v) is 3.93. The molecule has 1 atom stereocenters. The van der Waals surface area contributed by atoms with Gasteiger partial charge in [0.1, 0.15) is 0 Å². The summed E-state index contributed by atoms with van der Waals surface area (Å²) < 4.78 is 5.25. The number of likely N-dealkylation sites (tertiary alicyclic amines) is 1. The second-order valence-electron chi connectivity index (χ2n) is 5.27. The van der Waals surface area contributed by atoms with Crippen LogP contribution >= 0.6 is 0 Å². The van der Waals surface area contributed by atoms with Crippen molar-refractivity contribution in [2.45, 2.75) is 38.3 Å². The van der Waals surface area contributed by atoms with E-state index in [1.54, 1.807) is 13.3 Å². The molecule has 1 fully saturated rings. The summed E-state index contributed by atoms with van der Waals surface area (Å²) in [5.41, 5.74) is 1.13. The zero-order chi connectivity index (χ0) is 13.5. The molecular formula is C15H25N3O. The molecule has 0 spiro atoms. The molecule has 1 unspecified atom stereocenters. The van der Waals surface area contributed by atoms with Crippen LogP contribution in [0.25, 0.3) is 0 Å². The number of rotatable bonds is 6. The van der Waals surface area contributed by atoms with Gasteiger partial charge in [0.2, 0.25) is 5.88 Å². The average Bonchev–Trinajstić information content (AvgIpc) is 2.45. The number of nitrogens with zero attached hydrogens (tertiary/aromatic N) is 2. The van der Waals surface area contributed by atoms with E-state index < -0.39 is 0 Å². The molecule has 0 saturated carbocycles. The first-order valence-electron chi connectivity index (χ1n) is 7.20. The van der Waals surface area contributed by atoms with E-state index in [1.165, 1.54) is 32.2 Å². The van der Waals surface area contributed by atoms with Crippen molar-refractivity contribution in [2.75, 3.05) is 27.2 Å². The topological polar surface area (TPSA) is 37.4 Å². The molecule has 0 aliphatic carbocycles. The van der Waals surface area contributed by atoms with E-state index in [9.17, 15) is 0 Å². The molecule has 1 aromatic rings. The Morgan fingerprint density at radius 2 is 2.37 bits per heavy atom. The molecule has 0 radical (unpaired) electrons. The number of nitrogens with one attached hydrogen (secondary N) is 1. The minimum atomic E-state index is 0.727. The summed E-state index contributed by atoms with van der Waals surface area (Å²) in [7, 11) is 3.91. The van der Waals surface area contributed by atoms with Crippen molar-refractivity contribution in [1.29, 1.82) is 0 Å². The molecule has 1 N–H and O–H groups in total. The van der Waals surface area contributed by atoms with Crippen molar-refractivity contribution in [2.24, 2.45) is 0 Å². The second kappa shape index (κ2) is 7.46. The maximum absolute atomic E-state index is 5.25. The average molecular weight is 263 g/mol. The van der Waals surface area contributed by atoms with Crippen molar-refractivity contribution >= 4 is 0 Å². The predicted octanol–water partition coefficient (Wildman–Crippen LogP) is 2.05. The first-order chi connectivity index (χ1) is 9.31. The van der Waals surface area contributed by atoms with Gasteiger partial charge in [-0.1, -0.05) is 12.5 Å². The van der Waals surface area contributed by atoms with Gasteiger partial charge in [0, 0.05) is 24.3 Å². The van der Waals surface area contributed by atoms with Crippen LogP contribution in [0.5, 0.6) is 5.88 Å². The Morgan fingerprint density at radius 1 is 1.47 bits per heavy atom. The highest BCUT2D eigenvalue weighted by Crippen LogP contribution is 2.17. The van der Waals surface area contributed by atoms with E-state index in [-0.39, 0.29) is 0 Å². The van der Waals surface area contributed by atoms with Crippen LogP contribution in [-0.2, 0) is 6.54 Å². The van der Waals surface area contributed by atoms with Crippen molar-refractivity contribution in [3.63, 3.8) is 0 Å². The fourth-order valence-corrected chi connectivity index (χ4v) is 2.74. The summed E-state index contributed by atoms with van der Waals surface area (Å²) in [4.78, 5) is 6.70. The maximum atomic E-state index is 5.25. The number of piperidine rings is 1. The van der Waals surface area contributed by atoms with E-state index >= 15 is 0 Å². The molecule has 19 heavy (non-hydrogen) atoms. The lowest BCUT2D eigenvalue weighted by atomic mass is 10.0. The lowest BCUT2D eigenvalue weighted by molar-refractivity contribution is 0.175. The number of pyridine rings is 1. The standard InChI is InChI=1S/C15H25N3O/c1-18-11-4-3-7-14(18)8-10-16-12-13-6-5-9-17-15(13)19-2/h5-6,9,14,16H,3-4,7-8,10-12H2,1-2H3. The number of methoxy groups -OCH3 is 1. The molecule has 0 aromatic carbocycles. The van der Waals surface area contributed by atoms with Gasteiger partial charge in [-0.15, -0.1) is 0 Å². The Bertz CT molecular complexity index is 383. The first-order valence-corrected chi connectivity index (χ1v) is 7.20. The van der Waals surface area contributed by atoms with Crippen LogP contribution in [0.4, 0.5) is 0 Å². The van der Waals surface area contributed by atoms with Gasteiger partial charge in [0.05, 0.1) is 7.11 Å². The Morgan fingerprint density at radius 3 is 3.16 bits per heavy atom. The number of hydrogen-bond acceptors (Lipinski definition) is 4. The largest absolute Gasteiger partial charge is 0.481 e. The molecule has 0 bridgehead atoms. The quantitative estimate of drug-likeness (QED) is 0.797. The fraction of sp³-hybridized carbons (Fsp3) is 0.667. The zero-order valence-electron chi connectivity index (χ0n) is 12.1. The van der Waals surface area contributed by atoms with E-state index in [1.807, 2.05) is 6.07 Å². The van der Waals surface area contributed by atoms with Crippen molar-refractivity contribution in [3.05, 3.63) is 23.9 Å². The Hall–Kier alpha value is -1.13. The highest BCUT2D eigenvalue weighted by Gasteiger charge is 2.17. The van der Waals surface area contributed by atoms with Gasteiger partial charge in [-0.05, 0) is 45.5 Å². The van der Waals surface area contributed by atoms with E-state index in [0.29, 0.717) is 0 Å². The minimum absolute atomic E-state index is 0.727. The molecular weight excluding hydrogens is 238 g/mol. The number of aromatic nitrogens is 1. The van der Waals surface area contributed by atoms with Gasteiger partial charge in [-0.2, -0.15) is 0 Å². The summed E-state index contributed by atoms with van der Waals surface area (Å²) in [6.45, 7) is 3.13. The molecule has 2 rings (SSSR count). The van der Waals surface area contributed by atoms with E-state index in [0.717, 1.165) is 30.6 Å². The first kappa shape index (κ1) is 14.3. The number of hydrogen-bond donors (Lipinski definition) is 1. The van der Waals surface area contributed by atoms with Gasteiger partial charge < -0.3 is 15.0 Å². The second-order valence-corrected chi connectivity index (χ2v) is 5.27. The maximum Gasteiger partial charge on any atom is 0.217 e. The van der Waals surface area contributed by atoms with Crippen LogP contribution < -0.4 is 10.1 Å². The third kappa shape index (κ3) is 4.18. The SMILES string of the molecule is COc1ncccc1CNCCC1CCCCN1C. The summed E-state index contributed by atoms with van der Waals surface area (Å²) in [6.07, 6.45) is 7.06. The highest BCUT2D eigenvalue weighted by atomic mass is 16.5. The summed E-state index contributed by atoms with van der Waals surface area (Å²) in [5.74, 6) is 0.727. The highest BCUT2D eigenvalue weighted by molar-refractivity contribution is 5.24. The molecule has 0 amide bonds. The molecule has 1 aromatic heterocycles. The van der Waals surface area contributed by atoms with Crippen molar-refractivity contribution in [1.82, 2.24) is 15.2 Å². The smallest absolute Gasteiger partial charge is 0.217 e. The molecule has 4 nitrogen and oxygen atoms in total. The Kier molecular flexibility index (Phi) is 5.61. The third-order valence-electron chi connectivity index (χ3n) is 3.93. The fourth-order valence-electron chi connectivity index (χ4n) is 2.74. The van der Waals surface area contributed by atoms with Gasteiger partial charge in [-0.25, -0.2) is 4.98 Å².